The van der Waals surface area contributed by atoms with Crippen molar-refractivity contribution >= 4 is 23.2 Å². The molecule has 3 rings (SSSR count). The van der Waals surface area contributed by atoms with E-state index in [0.717, 1.165) is 11.1 Å². The van der Waals surface area contributed by atoms with Gasteiger partial charge in [0, 0.05) is 23.3 Å². The highest BCUT2D eigenvalue weighted by molar-refractivity contribution is 7.99. The molecular formula is C19H15N3O3S. The van der Waals surface area contributed by atoms with Crippen molar-refractivity contribution in [2.24, 2.45) is 0 Å². The number of nitro benzene ring substituents is 1. The number of ketones is 1. The summed E-state index contributed by atoms with van der Waals surface area (Å²) >= 11 is 1.33. The lowest BCUT2D eigenvalue weighted by Crippen LogP contribution is -2.02. The lowest BCUT2D eigenvalue weighted by Gasteiger charge is -2.03. The second kappa shape index (κ2) is 7.88. The van der Waals surface area contributed by atoms with Crippen molar-refractivity contribution in [2.75, 3.05) is 5.75 Å². The van der Waals surface area contributed by atoms with E-state index in [1.807, 2.05) is 31.2 Å². The number of Topliss-reactive ketones (excluding diaryl/α,β-unsaturated/α-hetero) is 1. The molecule has 7 heteroatoms. The number of rotatable bonds is 6. The molecule has 0 bridgehead atoms. The second-order valence-corrected chi connectivity index (χ2v) is 6.63. The van der Waals surface area contributed by atoms with Gasteiger partial charge in [0.1, 0.15) is 5.03 Å². The van der Waals surface area contributed by atoms with E-state index in [-0.39, 0.29) is 17.2 Å². The predicted molar refractivity (Wildman–Crippen MR) is 100 cm³/mol. The van der Waals surface area contributed by atoms with Crippen molar-refractivity contribution < 1.29 is 9.72 Å². The van der Waals surface area contributed by atoms with Crippen molar-refractivity contribution in [1.82, 2.24) is 10.2 Å². The second-order valence-electron chi connectivity index (χ2n) is 5.64. The molecule has 130 valence electrons. The summed E-state index contributed by atoms with van der Waals surface area (Å²) in [5.41, 5.74) is 3.19. The van der Waals surface area contributed by atoms with Gasteiger partial charge in [-0.1, -0.05) is 41.6 Å². The third kappa shape index (κ3) is 4.31. The van der Waals surface area contributed by atoms with E-state index >= 15 is 0 Å². The summed E-state index contributed by atoms with van der Waals surface area (Å²) in [4.78, 5) is 22.4. The summed E-state index contributed by atoms with van der Waals surface area (Å²) in [5, 5.41) is 19.6. The van der Waals surface area contributed by atoms with Crippen LogP contribution in [0, 0.1) is 17.0 Å². The summed E-state index contributed by atoms with van der Waals surface area (Å²) in [6.45, 7) is 1.98. The number of aromatic nitrogens is 2. The monoisotopic (exact) mass is 365 g/mol. The molecule has 1 aromatic heterocycles. The van der Waals surface area contributed by atoms with Gasteiger partial charge in [0.25, 0.3) is 5.69 Å². The van der Waals surface area contributed by atoms with Crippen LogP contribution in [0.3, 0.4) is 0 Å². The molecule has 0 aliphatic heterocycles. The maximum absolute atomic E-state index is 12.2. The number of nitro groups is 1. The first-order valence-electron chi connectivity index (χ1n) is 7.84. The fourth-order valence-electron chi connectivity index (χ4n) is 2.27. The van der Waals surface area contributed by atoms with Gasteiger partial charge in [0.15, 0.2) is 5.78 Å². The van der Waals surface area contributed by atoms with E-state index in [0.29, 0.717) is 16.3 Å². The van der Waals surface area contributed by atoms with Gasteiger partial charge in [-0.25, -0.2) is 0 Å². The molecule has 0 fully saturated rings. The highest BCUT2D eigenvalue weighted by Gasteiger charge is 2.09. The lowest BCUT2D eigenvalue weighted by molar-refractivity contribution is -0.384. The first-order chi connectivity index (χ1) is 12.5. The first-order valence-corrected chi connectivity index (χ1v) is 8.83. The maximum Gasteiger partial charge on any atom is 0.269 e. The topological polar surface area (TPSA) is 86.0 Å². The fraction of sp³-hybridized carbons (Fsp3) is 0.105. The van der Waals surface area contributed by atoms with E-state index < -0.39 is 4.92 Å². The summed E-state index contributed by atoms with van der Waals surface area (Å²) in [6.07, 6.45) is 0. The maximum atomic E-state index is 12.2. The molecule has 0 atom stereocenters. The molecule has 2 aromatic carbocycles. The lowest BCUT2D eigenvalue weighted by atomic mass is 10.1. The number of nitrogens with zero attached hydrogens (tertiary/aromatic N) is 3. The Labute approximate surface area is 154 Å². The number of carbonyl (C=O) groups is 1. The predicted octanol–water partition coefficient (Wildman–Crippen LogP) is 4.34. The number of benzene rings is 2. The Morgan fingerprint density at radius 3 is 2.27 bits per heavy atom. The third-order valence-corrected chi connectivity index (χ3v) is 4.66. The van der Waals surface area contributed by atoms with Crippen LogP contribution in [0.5, 0.6) is 0 Å². The van der Waals surface area contributed by atoms with Crippen LogP contribution < -0.4 is 0 Å². The van der Waals surface area contributed by atoms with Gasteiger partial charge in [-0.3, -0.25) is 14.9 Å². The van der Waals surface area contributed by atoms with E-state index in [4.69, 9.17) is 0 Å². The van der Waals surface area contributed by atoms with E-state index in [1.54, 1.807) is 24.3 Å². The Hall–Kier alpha value is -3.06. The highest BCUT2D eigenvalue weighted by Crippen LogP contribution is 2.22. The first kappa shape index (κ1) is 17.8. The summed E-state index contributed by atoms with van der Waals surface area (Å²) in [6, 6.07) is 17.2. The molecule has 0 saturated heterocycles. The summed E-state index contributed by atoms with van der Waals surface area (Å²) in [5.74, 6) is 0.325. The van der Waals surface area contributed by atoms with E-state index in [9.17, 15) is 14.9 Å². The van der Waals surface area contributed by atoms with Crippen molar-refractivity contribution in [3.05, 3.63) is 81.9 Å². The van der Waals surface area contributed by atoms with Crippen LogP contribution in [0.15, 0.2) is 65.7 Å². The Bertz CT molecular complexity index is 924. The average Bonchev–Trinajstić information content (AvgIpc) is 2.67. The van der Waals surface area contributed by atoms with Crippen molar-refractivity contribution in [2.45, 2.75) is 11.9 Å². The average molecular weight is 365 g/mol. The van der Waals surface area contributed by atoms with Gasteiger partial charge in [-0.15, -0.1) is 10.2 Å². The van der Waals surface area contributed by atoms with E-state index in [2.05, 4.69) is 10.2 Å². The third-order valence-electron chi connectivity index (χ3n) is 3.74. The molecule has 0 N–H and O–H groups in total. The molecule has 0 unspecified atom stereocenters. The van der Waals surface area contributed by atoms with Crippen LogP contribution in [-0.4, -0.2) is 26.7 Å². The summed E-state index contributed by atoms with van der Waals surface area (Å²) in [7, 11) is 0. The summed E-state index contributed by atoms with van der Waals surface area (Å²) < 4.78 is 0. The molecule has 0 radical (unpaired) electrons. The highest BCUT2D eigenvalue weighted by atomic mass is 32.2. The standard InChI is InChI=1S/C19H15N3O3S/c1-13-2-4-15(5-3-13)18(23)12-26-19-11-10-17(20-21-19)14-6-8-16(9-7-14)22(24)25/h2-11H,12H2,1H3. The minimum Gasteiger partial charge on any atom is -0.293 e. The molecule has 3 aromatic rings. The zero-order valence-electron chi connectivity index (χ0n) is 14.0. The number of hydrogen-bond acceptors (Lipinski definition) is 6. The minimum absolute atomic E-state index is 0.0310. The fourth-order valence-corrected chi connectivity index (χ4v) is 2.98. The van der Waals surface area contributed by atoms with Crippen LogP contribution in [-0.2, 0) is 0 Å². The Morgan fingerprint density at radius 2 is 1.69 bits per heavy atom. The van der Waals surface area contributed by atoms with Gasteiger partial charge in [-0.05, 0) is 31.2 Å². The van der Waals surface area contributed by atoms with Crippen molar-refractivity contribution in [1.29, 1.82) is 0 Å². The molecule has 26 heavy (non-hydrogen) atoms. The van der Waals surface area contributed by atoms with Gasteiger partial charge < -0.3 is 0 Å². The van der Waals surface area contributed by atoms with Crippen LogP contribution in [0.2, 0.25) is 0 Å². The quantitative estimate of drug-likeness (QED) is 0.280. The van der Waals surface area contributed by atoms with Crippen LogP contribution in [0.4, 0.5) is 5.69 Å². The number of non-ortho nitro benzene ring substituents is 1. The van der Waals surface area contributed by atoms with Crippen molar-refractivity contribution in [3.8, 4) is 11.3 Å². The zero-order valence-corrected chi connectivity index (χ0v) is 14.8. The molecule has 0 aliphatic rings. The van der Waals surface area contributed by atoms with Gasteiger partial charge in [0.05, 0.1) is 16.4 Å². The van der Waals surface area contributed by atoms with Gasteiger partial charge in [0.2, 0.25) is 0 Å². The molecule has 0 saturated carbocycles. The van der Waals surface area contributed by atoms with Gasteiger partial charge >= 0.3 is 0 Å². The van der Waals surface area contributed by atoms with Gasteiger partial charge in [-0.2, -0.15) is 0 Å². The number of thioether (sulfide) groups is 1. The molecule has 6 nitrogen and oxygen atoms in total. The number of carbonyl (C=O) groups excluding carboxylic acids is 1. The normalized spacial score (nSPS) is 10.5. The largest absolute Gasteiger partial charge is 0.293 e. The molecule has 1 heterocycles. The Balaban J connectivity index is 1.63. The molecule has 0 aliphatic carbocycles. The Morgan fingerprint density at radius 1 is 1.00 bits per heavy atom. The van der Waals surface area contributed by atoms with Crippen LogP contribution >= 0.6 is 11.8 Å². The zero-order chi connectivity index (χ0) is 18.5. The number of hydrogen-bond donors (Lipinski definition) is 0. The van der Waals surface area contributed by atoms with Crippen LogP contribution in [0.25, 0.3) is 11.3 Å². The van der Waals surface area contributed by atoms with E-state index in [1.165, 1.54) is 23.9 Å². The smallest absolute Gasteiger partial charge is 0.269 e. The molecule has 0 spiro atoms. The minimum atomic E-state index is -0.444. The van der Waals surface area contributed by atoms with Crippen molar-refractivity contribution in [3.63, 3.8) is 0 Å². The SMILES string of the molecule is Cc1ccc(C(=O)CSc2ccc(-c3ccc([N+](=O)[O-])cc3)nn2)cc1. The Kier molecular flexibility index (Phi) is 5.38. The molecular weight excluding hydrogens is 350 g/mol. The van der Waals surface area contributed by atoms with Crippen LogP contribution in [0.1, 0.15) is 15.9 Å². The number of aryl methyl sites for hydroxylation is 1. The molecule has 0 amide bonds.